The molecule has 0 fully saturated rings. The first-order chi connectivity index (χ1) is 12.2. The Morgan fingerprint density at radius 3 is 2.24 bits per heavy atom. The minimum absolute atomic E-state index is 0.624. The largest absolute Gasteiger partial charge is 0.460 e. The maximum atomic E-state index is 6.56. The third-order valence-electron chi connectivity index (χ3n) is 4.34. The van der Waals surface area contributed by atoms with Crippen molar-refractivity contribution in [3.63, 3.8) is 0 Å². The Balaban J connectivity index is 1.96. The van der Waals surface area contributed by atoms with E-state index < -0.39 is 5.60 Å². The van der Waals surface area contributed by atoms with Gasteiger partial charge in [-0.3, -0.25) is 0 Å². The van der Waals surface area contributed by atoms with Crippen LogP contribution >= 0.6 is 31.9 Å². The fourth-order valence-corrected chi connectivity index (χ4v) is 4.19. The highest BCUT2D eigenvalue weighted by Gasteiger charge is 2.41. The second-order valence-corrected chi connectivity index (χ2v) is 7.35. The fraction of sp³-hybridized carbons (Fsp3) is 0.0952. The van der Waals surface area contributed by atoms with Gasteiger partial charge in [0.15, 0.2) is 5.60 Å². The van der Waals surface area contributed by atoms with Crippen LogP contribution in [-0.4, -0.2) is 11.2 Å². The van der Waals surface area contributed by atoms with Gasteiger partial charge in [-0.25, -0.2) is 4.99 Å². The van der Waals surface area contributed by atoms with Gasteiger partial charge in [0.1, 0.15) is 0 Å². The third-order valence-corrected chi connectivity index (χ3v) is 5.62. The summed E-state index contributed by atoms with van der Waals surface area (Å²) in [5, 5.41) is 0.624. The van der Waals surface area contributed by atoms with Crippen LogP contribution in [0.25, 0.3) is 0 Å². The van der Waals surface area contributed by atoms with Gasteiger partial charge in [0, 0.05) is 21.2 Å². The van der Waals surface area contributed by atoms with Crippen molar-refractivity contribution in [2.75, 3.05) is 5.33 Å². The molecule has 1 heterocycles. The van der Waals surface area contributed by atoms with Crippen LogP contribution < -0.4 is 0 Å². The van der Waals surface area contributed by atoms with Crippen molar-refractivity contribution in [3.8, 4) is 0 Å². The Bertz CT molecular complexity index is 925. The average Bonchev–Trinajstić information content (AvgIpc) is 2.68. The van der Waals surface area contributed by atoms with Crippen LogP contribution in [-0.2, 0) is 10.3 Å². The van der Waals surface area contributed by atoms with Gasteiger partial charge in [0.05, 0.1) is 11.0 Å². The number of halogens is 2. The molecule has 1 aliphatic rings. The molecule has 0 radical (unpaired) electrons. The smallest absolute Gasteiger partial charge is 0.222 e. The molecule has 2 nitrogen and oxygen atoms in total. The van der Waals surface area contributed by atoms with Crippen LogP contribution in [0.1, 0.15) is 16.7 Å². The SMILES string of the molecule is BrCC1(c2ccccc2)OC(c2ccccc2)=Nc2ccc(Br)cc21. The number of alkyl halides is 1. The molecule has 0 amide bonds. The number of hydrogen-bond acceptors (Lipinski definition) is 2. The second kappa shape index (κ2) is 6.77. The van der Waals surface area contributed by atoms with E-state index in [-0.39, 0.29) is 0 Å². The van der Waals surface area contributed by atoms with Gasteiger partial charge in [0.25, 0.3) is 0 Å². The van der Waals surface area contributed by atoms with E-state index in [1.165, 1.54) is 0 Å². The predicted octanol–water partition coefficient (Wildman–Crippen LogP) is 6.20. The Morgan fingerprint density at radius 2 is 1.56 bits per heavy atom. The lowest BCUT2D eigenvalue weighted by atomic mass is 9.86. The van der Waals surface area contributed by atoms with Crippen molar-refractivity contribution in [1.82, 2.24) is 0 Å². The van der Waals surface area contributed by atoms with Crippen LogP contribution in [0.4, 0.5) is 5.69 Å². The number of benzene rings is 3. The minimum atomic E-state index is -0.632. The summed E-state index contributed by atoms with van der Waals surface area (Å²) < 4.78 is 7.57. The average molecular weight is 457 g/mol. The Kier molecular flexibility index (Phi) is 4.48. The molecular weight excluding hydrogens is 442 g/mol. The van der Waals surface area contributed by atoms with Crippen molar-refractivity contribution in [2.45, 2.75) is 5.60 Å². The van der Waals surface area contributed by atoms with Crippen molar-refractivity contribution in [1.29, 1.82) is 0 Å². The first-order valence-electron chi connectivity index (χ1n) is 7.97. The third kappa shape index (κ3) is 2.94. The van der Waals surface area contributed by atoms with Gasteiger partial charge < -0.3 is 4.74 Å². The van der Waals surface area contributed by atoms with Crippen molar-refractivity contribution >= 4 is 43.4 Å². The maximum absolute atomic E-state index is 6.56. The zero-order valence-corrected chi connectivity index (χ0v) is 16.5. The number of ether oxygens (including phenoxy) is 1. The molecule has 0 saturated carbocycles. The van der Waals surface area contributed by atoms with E-state index in [4.69, 9.17) is 9.73 Å². The molecule has 0 saturated heterocycles. The van der Waals surface area contributed by atoms with Crippen LogP contribution in [0.5, 0.6) is 0 Å². The van der Waals surface area contributed by atoms with Crippen LogP contribution in [0, 0.1) is 0 Å². The second-order valence-electron chi connectivity index (χ2n) is 5.87. The van der Waals surface area contributed by atoms with Crippen LogP contribution in [0.15, 0.2) is 88.3 Å². The first kappa shape index (κ1) is 16.6. The molecule has 124 valence electrons. The molecule has 0 bridgehead atoms. The van der Waals surface area contributed by atoms with Crippen molar-refractivity contribution < 1.29 is 4.74 Å². The molecule has 1 atom stereocenters. The van der Waals surface area contributed by atoms with E-state index in [0.717, 1.165) is 26.9 Å². The molecule has 25 heavy (non-hydrogen) atoms. The van der Waals surface area contributed by atoms with Gasteiger partial charge >= 0.3 is 0 Å². The Labute approximate surface area is 163 Å². The van der Waals surface area contributed by atoms with Crippen LogP contribution in [0.2, 0.25) is 0 Å². The van der Waals surface area contributed by atoms with Crippen LogP contribution in [0.3, 0.4) is 0 Å². The van der Waals surface area contributed by atoms with Gasteiger partial charge in [-0.2, -0.15) is 0 Å². The number of fused-ring (bicyclic) bond motifs is 1. The molecule has 1 unspecified atom stereocenters. The summed E-state index contributed by atoms with van der Waals surface area (Å²) in [6.45, 7) is 0. The minimum Gasteiger partial charge on any atom is -0.460 e. The van der Waals surface area contributed by atoms with E-state index in [0.29, 0.717) is 11.2 Å². The standard InChI is InChI=1S/C21H15Br2NO/c22-14-21(16-9-5-2-6-10-16)18-13-17(23)11-12-19(18)24-20(25-21)15-7-3-1-4-8-15/h1-13H,14H2. The highest BCUT2D eigenvalue weighted by Crippen LogP contribution is 2.45. The fourth-order valence-electron chi connectivity index (χ4n) is 3.08. The normalized spacial score (nSPS) is 18.9. The summed E-state index contributed by atoms with van der Waals surface area (Å²) in [6.07, 6.45) is 0. The topological polar surface area (TPSA) is 21.6 Å². The number of rotatable bonds is 3. The lowest BCUT2D eigenvalue weighted by Gasteiger charge is -2.38. The monoisotopic (exact) mass is 455 g/mol. The zero-order valence-electron chi connectivity index (χ0n) is 13.3. The summed E-state index contributed by atoms with van der Waals surface area (Å²) >= 11 is 7.29. The number of aliphatic imine (C=N–C) groups is 1. The quantitative estimate of drug-likeness (QED) is 0.430. The molecule has 3 aromatic rings. The van der Waals surface area contributed by atoms with E-state index in [1.807, 2.05) is 60.7 Å². The van der Waals surface area contributed by atoms with Crippen molar-refractivity contribution in [3.05, 3.63) is 100 Å². The predicted molar refractivity (Wildman–Crippen MR) is 109 cm³/mol. The van der Waals surface area contributed by atoms with Gasteiger partial charge in [-0.1, -0.05) is 80.4 Å². The zero-order chi connectivity index (χ0) is 17.3. The Morgan fingerprint density at radius 1 is 0.880 bits per heavy atom. The molecule has 0 spiro atoms. The first-order valence-corrected chi connectivity index (χ1v) is 9.89. The summed E-state index contributed by atoms with van der Waals surface area (Å²) in [4.78, 5) is 4.78. The maximum Gasteiger partial charge on any atom is 0.222 e. The van der Waals surface area contributed by atoms with E-state index in [9.17, 15) is 0 Å². The summed E-state index contributed by atoms with van der Waals surface area (Å²) in [5.41, 5.74) is 3.40. The lowest BCUT2D eigenvalue weighted by molar-refractivity contribution is 0.121. The van der Waals surface area contributed by atoms with E-state index in [2.05, 4.69) is 50.1 Å². The van der Waals surface area contributed by atoms with Gasteiger partial charge in [0.2, 0.25) is 5.90 Å². The van der Waals surface area contributed by atoms with Gasteiger partial charge in [-0.05, 0) is 30.3 Å². The summed E-state index contributed by atoms with van der Waals surface area (Å²) in [7, 11) is 0. The number of hydrogen-bond donors (Lipinski definition) is 0. The number of nitrogens with zero attached hydrogens (tertiary/aromatic N) is 1. The molecular formula is C21H15Br2NO. The Hall–Kier alpha value is -1.91. The molecule has 4 heteroatoms. The molecule has 1 aliphatic heterocycles. The van der Waals surface area contributed by atoms with E-state index >= 15 is 0 Å². The highest BCUT2D eigenvalue weighted by atomic mass is 79.9. The summed E-state index contributed by atoms with van der Waals surface area (Å²) in [5.74, 6) is 0.638. The molecule has 3 aromatic carbocycles. The van der Waals surface area contributed by atoms with Gasteiger partial charge in [-0.15, -0.1) is 0 Å². The van der Waals surface area contributed by atoms with E-state index in [1.54, 1.807) is 0 Å². The molecule has 4 rings (SSSR count). The lowest BCUT2D eigenvalue weighted by Crippen LogP contribution is -2.38. The highest BCUT2D eigenvalue weighted by molar-refractivity contribution is 9.10. The molecule has 0 aliphatic carbocycles. The van der Waals surface area contributed by atoms with Crippen molar-refractivity contribution in [2.24, 2.45) is 4.99 Å². The molecule has 0 N–H and O–H groups in total. The summed E-state index contributed by atoms with van der Waals surface area (Å²) in [6, 6.07) is 26.4. The molecule has 0 aromatic heterocycles.